The molecule has 0 aromatic carbocycles. The van der Waals surface area contributed by atoms with E-state index >= 15 is 0 Å². The predicted molar refractivity (Wildman–Crippen MR) is 91.0 cm³/mol. The highest BCUT2D eigenvalue weighted by Gasteiger charge is 2.26. The van der Waals surface area contributed by atoms with Crippen molar-refractivity contribution in [2.45, 2.75) is 13.5 Å². The molecule has 0 N–H and O–H groups in total. The summed E-state index contributed by atoms with van der Waals surface area (Å²) in [6, 6.07) is 5.63. The lowest BCUT2D eigenvalue weighted by Crippen LogP contribution is -2.38. The number of hydrogen-bond donors (Lipinski definition) is 0. The number of rotatable bonds is 4. The summed E-state index contributed by atoms with van der Waals surface area (Å²) in [6.45, 7) is 5.52. The van der Waals surface area contributed by atoms with Crippen LogP contribution in [0.2, 0.25) is 0 Å². The molecule has 0 aliphatic carbocycles. The molecule has 2 aromatic heterocycles. The molecule has 0 unspecified atom stereocenters. The van der Waals surface area contributed by atoms with Gasteiger partial charge in [0.05, 0.1) is 0 Å². The second kappa shape index (κ2) is 7.00. The Hall–Kier alpha value is -2.41. The number of aromatic nitrogens is 2. The quantitative estimate of drug-likeness (QED) is 0.845. The van der Waals surface area contributed by atoms with Crippen LogP contribution in [0, 0.1) is 6.92 Å². The van der Waals surface area contributed by atoms with Crippen molar-refractivity contribution in [2.24, 2.45) is 0 Å². The van der Waals surface area contributed by atoms with Crippen LogP contribution in [0.15, 0.2) is 28.9 Å². The number of amides is 1. The van der Waals surface area contributed by atoms with Crippen molar-refractivity contribution in [1.82, 2.24) is 19.9 Å². The fourth-order valence-corrected chi connectivity index (χ4v) is 2.81. The van der Waals surface area contributed by atoms with Crippen molar-refractivity contribution in [1.29, 1.82) is 0 Å². The zero-order valence-electron chi connectivity index (χ0n) is 14.4. The summed E-state index contributed by atoms with van der Waals surface area (Å²) < 4.78 is 5.04. The van der Waals surface area contributed by atoms with E-state index in [1.54, 1.807) is 19.2 Å². The molecule has 0 radical (unpaired) electrons. The molecule has 7 heteroatoms. The Labute approximate surface area is 141 Å². The molecule has 1 amide bonds. The molecule has 24 heavy (non-hydrogen) atoms. The molecule has 0 saturated heterocycles. The maximum atomic E-state index is 12.7. The minimum Gasteiger partial charge on any atom is -0.361 e. The van der Waals surface area contributed by atoms with Crippen molar-refractivity contribution in [2.75, 3.05) is 45.2 Å². The van der Waals surface area contributed by atoms with E-state index in [0.717, 1.165) is 31.0 Å². The van der Waals surface area contributed by atoms with Crippen molar-refractivity contribution < 1.29 is 9.32 Å². The van der Waals surface area contributed by atoms with E-state index in [4.69, 9.17) is 4.52 Å². The molecule has 0 spiro atoms. The molecule has 7 nitrogen and oxygen atoms in total. The fraction of sp³-hybridized carbons (Fsp3) is 0.471. The Bertz CT molecular complexity index is 713. The van der Waals surface area contributed by atoms with Crippen LogP contribution in [0.5, 0.6) is 0 Å². The summed E-state index contributed by atoms with van der Waals surface area (Å²) in [7, 11) is 4.11. The second-order valence-electron chi connectivity index (χ2n) is 6.33. The Morgan fingerprint density at radius 2 is 2.21 bits per heavy atom. The van der Waals surface area contributed by atoms with Crippen molar-refractivity contribution in [3.8, 4) is 0 Å². The van der Waals surface area contributed by atoms with Gasteiger partial charge in [-0.1, -0.05) is 11.2 Å². The molecular formula is C17H23N5O2. The van der Waals surface area contributed by atoms with Crippen LogP contribution < -0.4 is 4.90 Å². The van der Waals surface area contributed by atoms with Gasteiger partial charge in [-0.15, -0.1) is 0 Å². The van der Waals surface area contributed by atoms with Crippen molar-refractivity contribution >= 4 is 11.7 Å². The van der Waals surface area contributed by atoms with Gasteiger partial charge in [0.15, 0.2) is 5.69 Å². The Kier molecular flexibility index (Phi) is 4.80. The van der Waals surface area contributed by atoms with Gasteiger partial charge in [0.25, 0.3) is 5.91 Å². The van der Waals surface area contributed by atoms with E-state index in [1.807, 2.05) is 17.0 Å². The molecule has 1 aliphatic rings. The minimum atomic E-state index is -0.101. The number of pyridine rings is 1. The number of aryl methyl sites for hydroxylation is 1. The highest BCUT2D eigenvalue weighted by Crippen LogP contribution is 2.23. The summed E-state index contributed by atoms with van der Waals surface area (Å²) in [5.74, 6) is 1.50. The molecule has 0 bridgehead atoms. The highest BCUT2D eigenvalue weighted by atomic mass is 16.5. The van der Waals surface area contributed by atoms with Gasteiger partial charge in [0.1, 0.15) is 11.6 Å². The number of fused-ring (bicyclic) bond motifs is 1. The fourth-order valence-electron chi connectivity index (χ4n) is 2.81. The third-order valence-electron chi connectivity index (χ3n) is 4.12. The first-order chi connectivity index (χ1) is 11.5. The number of carbonyl (C=O) groups excluding carboxylic acids is 1. The van der Waals surface area contributed by atoms with E-state index in [9.17, 15) is 4.79 Å². The SMILES string of the molecule is Cc1cc(C(=O)N2CCN(CCN(C)C)c3ncccc3C2)no1. The first-order valence-corrected chi connectivity index (χ1v) is 8.11. The van der Waals surface area contributed by atoms with Crippen LogP contribution in [-0.4, -0.2) is 66.1 Å². The maximum Gasteiger partial charge on any atom is 0.276 e. The summed E-state index contributed by atoms with van der Waals surface area (Å²) in [5, 5.41) is 3.85. The molecule has 3 heterocycles. The van der Waals surface area contributed by atoms with Crippen LogP contribution in [0.4, 0.5) is 5.82 Å². The lowest BCUT2D eigenvalue weighted by Gasteiger charge is -2.25. The van der Waals surface area contributed by atoms with Gasteiger partial charge >= 0.3 is 0 Å². The minimum absolute atomic E-state index is 0.101. The normalized spacial score (nSPS) is 14.7. The molecule has 128 valence electrons. The van der Waals surface area contributed by atoms with E-state index in [1.165, 1.54) is 0 Å². The zero-order chi connectivity index (χ0) is 17.1. The van der Waals surface area contributed by atoms with E-state index in [2.05, 4.69) is 34.0 Å². The van der Waals surface area contributed by atoms with Gasteiger partial charge in [0.2, 0.25) is 0 Å². The van der Waals surface area contributed by atoms with Crippen LogP contribution in [0.3, 0.4) is 0 Å². The molecule has 1 aliphatic heterocycles. The van der Waals surface area contributed by atoms with Gasteiger partial charge in [-0.2, -0.15) is 0 Å². The number of anilines is 1. The number of likely N-dealkylation sites (N-methyl/N-ethyl adjacent to an activating group) is 1. The smallest absolute Gasteiger partial charge is 0.276 e. The molecule has 3 rings (SSSR count). The Balaban J connectivity index is 1.81. The van der Waals surface area contributed by atoms with Crippen molar-refractivity contribution in [3.63, 3.8) is 0 Å². The van der Waals surface area contributed by atoms with Gasteiger partial charge in [-0.05, 0) is 27.1 Å². The van der Waals surface area contributed by atoms with Crippen LogP contribution in [0.1, 0.15) is 21.8 Å². The maximum absolute atomic E-state index is 12.7. The van der Waals surface area contributed by atoms with Gasteiger partial charge in [0, 0.05) is 50.6 Å². The van der Waals surface area contributed by atoms with E-state index in [0.29, 0.717) is 24.5 Å². The average molecular weight is 329 g/mol. The lowest BCUT2D eigenvalue weighted by atomic mass is 10.2. The molecular weight excluding hydrogens is 306 g/mol. The molecule has 0 fully saturated rings. The summed E-state index contributed by atoms with van der Waals surface area (Å²) in [4.78, 5) is 23.5. The Morgan fingerprint density at radius 3 is 2.92 bits per heavy atom. The second-order valence-corrected chi connectivity index (χ2v) is 6.33. The van der Waals surface area contributed by atoms with Crippen LogP contribution in [0.25, 0.3) is 0 Å². The van der Waals surface area contributed by atoms with Crippen LogP contribution >= 0.6 is 0 Å². The Morgan fingerprint density at radius 1 is 1.38 bits per heavy atom. The lowest BCUT2D eigenvalue weighted by molar-refractivity contribution is 0.0741. The monoisotopic (exact) mass is 329 g/mol. The molecule has 0 saturated carbocycles. The van der Waals surface area contributed by atoms with Gasteiger partial charge in [-0.25, -0.2) is 4.98 Å². The topological polar surface area (TPSA) is 65.7 Å². The first-order valence-electron chi connectivity index (χ1n) is 8.11. The number of carbonyl (C=O) groups is 1. The third kappa shape index (κ3) is 3.56. The zero-order valence-corrected chi connectivity index (χ0v) is 14.4. The van der Waals surface area contributed by atoms with Crippen LogP contribution in [-0.2, 0) is 6.54 Å². The standard InChI is InChI=1S/C17H23N5O2/c1-13-11-15(19-24-13)17(23)22-10-9-21(8-7-20(2)3)16-14(12-22)5-4-6-18-16/h4-6,11H,7-10,12H2,1-3H3. The van der Waals surface area contributed by atoms with E-state index < -0.39 is 0 Å². The third-order valence-corrected chi connectivity index (χ3v) is 4.12. The molecule has 2 aromatic rings. The largest absolute Gasteiger partial charge is 0.361 e. The number of hydrogen-bond acceptors (Lipinski definition) is 6. The summed E-state index contributed by atoms with van der Waals surface area (Å²) in [5.41, 5.74) is 1.42. The summed E-state index contributed by atoms with van der Waals surface area (Å²) >= 11 is 0. The molecule has 0 atom stereocenters. The predicted octanol–water partition coefficient (Wildman–Crippen LogP) is 1.40. The number of nitrogens with zero attached hydrogens (tertiary/aromatic N) is 5. The summed E-state index contributed by atoms with van der Waals surface area (Å²) in [6.07, 6.45) is 1.81. The first kappa shape index (κ1) is 16.4. The highest BCUT2D eigenvalue weighted by molar-refractivity contribution is 5.92. The van der Waals surface area contributed by atoms with E-state index in [-0.39, 0.29) is 5.91 Å². The average Bonchev–Trinajstić information content (AvgIpc) is 2.90. The van der Waals surface area contributed by atoms with Gasteiger partial charge in [-0.3, -0.25) is 4.79 Å². The van der Waals surface area contributed by atoms with Gasteiger partial charge < -0.3 is 19.2 Å². The van der Waals surface area contributed by atoms with Crippen molar-refractivity contribution in [3.05, 3.63) is 41.4 Å².